The minimum absolute atomic E-state index is 0.501. The average Bonchev–Trinajstić information content (AvgIpc) is 2.44. The van der Waals surface area contributed by atoms with Gasteiger partial charge in [-0.3, -0.25) is 0 Å². The second-order valence-corrected chi connectivity index (χ2v) is 4.92. The second kappa shape index (κ2) is 6.57. The first-order valence-electron chi connectivity index (χ1n) is 6.47. The van der Waals surface area contributed by atoms with E-state index in [0.717, 1.165) is 30.1 Å². The van der Waals surface area contributed by atoms with Gasteiger partial charge in [-0.05, 0) is 38.0 Å². The molecule has 0 radical (unpaired) electrons. The number of halogens is 1. The van der Waals surface area contributed by atoms with Crippen molar-refractivity contribution < 1.29 is 4.74 Å². The Labute approximate surface area is 124 Å². The van der Waals surface area contributed by atoms with Crippen molar-refractivity contribution in [3.63, 3.8) is 0 Å². The number of aromatic nitrogens is 2. The zero-order valence-corrected chi connectivity index (χ0v) is 12.7. The van der Waals surface area contributed by atoms with Crippen molar-refractivity contribution in [2.24, 2.45) is 0 Å². The van der Waals surface area contributed by atoms with Crippen LogP contribution < -0.4 is 10.1 Å². The number of nitrogens with one attached hydrogen (secondary N) is 1. The average molecular weight is 292 g/mol. The van der Waals surface area contributed by atoms with Gasteiger partial charge < -0.3 is 10.1 Å². The third-order valence-corrected chi connectivity index (χ3v) is 3.41. The summed E-state index contributed by atoms with van der Waals surface area (Å²) in [5.41, 5.74) is 2.09. The Morgan fingerprint density at radius 2 is 2.05 bits per heavy atom. The predicted molar refractivity (Wildman–Crippen MR) is 81.7 cm³/mol. The second-order valence-electron chi connectivity index (χ2n) is 4.56. The van der Waals surface area contributed by atoms with E-state index in [2.05, 4.69) is 21.4 Å². The van der Waals surface area contributed by atoms with Crippen LogP contribution in [0.5, 0.6) is 5.75 Å². The molecule has 1 heterocycles. The quantitative estimate of drug-likeness (QED) is 0.858. The molecule has 20 heavy (non-hydrogen) atoms. The van der Waals surface area contributed by atoms with Crippen LogP contribution in [-0.2, 0) is 6.42 Å². The molecule has 0 bridgehead atoms. The Hall–Kier alpha value is -1.81. The molecule has 0 aliphatic carbocycles. The molecular weight excluding hydrogens is 274 g/mol. The number of rotatable bonds is 5. The van der Waals surface area contributed by atoms with Gasteiger partial charge in [0.2, 0.25) is 0 Å². The summed E-state index contributed by atoms with van der Waals surface area (Å²) in [6.07, 6.45) is 0.886. The van der Waals surface area contributed by atoms with Crippen LogP contribution in [0.4, 0.5) is 5.82 Å². The lowest BCUT2D eigenvalue weighted by atomic mass is 10.1. The summed E-state index contributed by atoms with van der Waals surface area (Å²) in [4.78, 5) is 8.49. The SMILES string of the molecule is COc1cccc(CCNc2nc(C)nc(Cl)c2C)c1. The molecule has 2 aromatic rings. The van der Waals surface area contributed by atoms with Crippen molar-refractivity contribution in [3.8, 4) is 5.75 Å². The maximum Gasteiger partial charge on any atom is 0.137 e. The van der Waals surface area contributed by atoms with Crippen LogP contribution in [0, 0.1) is 13.8 Å². The lowest BCUT2D eigenvalue weighted by Crippen LogP contribution is -2.09. The molecule has 4 nitrogen and oxygen atoms in total. The number of hydrogen-bond acceptors (Lipinski definition) is 4. The molecule has 106 valence electrons. The topological polar surface area (TPSA) is 47.0 Å². The van der Waals surface area contributed by atoms with Crippen LogP contribution in [0.1, 0.15) is 17.0 Å². The van der Waals surface area contributed by atoms with Crippen LogP contribution in [0.2, 0.25) is 5.15 Å². The molecular formula is C15H18ClN3O. The van der Waals surface area contributed by atoms with Crippen molar-refractivity contribution in [1.29, 1.82) is 0 Å². The fraction of sp³-hybridized carbons (Fsp3) is 0.333. The van der Waals surface area contributed by atoms with Crippen molar-refractivity contribution in [3.05, 3.63) is 46.4 Å². The Balaban J connectivity index is 1.99. The first-order valence-corrected chi connectivity index (χ1v) is 6.85. The third kappa shape index (κ3) is 3.61. The van der Waals surface area contributed by atoms with Crippen molar-refractivity contribution in [2.75, 3.05) is 19.0 Å². The fourth-order valence-corrected chi connectivity index (χ4v) is 2.13. The van der Waals surface area contributed by atoms with Gasteiger partial charge in [0.15, 0.2) is 0 Å². The van der Waals surface area contributed by atoms with Gasteiger partial charge >= 0.3 is 0 Å². The van der Waals surface area contributed by atoms with Gasteiger partial charge in [0.25, 0.3) is 0 Å². The van der Waals surface area contributed by atoms with Crippen LogP contribution in [0.15, 0.2) is 24.3 Å². The number of hydrogen-bond donors (Lipinski definition) is 1. The monoisotopic (exact) mass is 291 g/mol. The minimum atomic E-state index is 0.501. The maximum atomic E-state index is 6.05. The number of benzene rings is 1. The molecule has 0 saturated carbocycles. The summed E-state index contributed by atoms with van der Waals surface area (Å²) in [6.45, 7) is 4.52. The smallest absolute Gasteiger partial charge is 0.137 e. The number of nitrogens with zero attached hydrogens (tertiary/aromatic N) is 2. The molecule has 0 saturated heterocycles. The van der Waals surface area contributed by atoms with E-state index in [4.69, 9.17) is 16.3 Å². The van der Waals surface area contributed by atoms with E-state index < -0.39 is 0 Å². The van der Waals surface area contributed by atoms with Gasteiger partial charge in [0, 0.05) is 12.1 Å². The third-order valence-electron chi connectivity index (χ3n) is 3.04. The fourth-order valence-electron chi connectivity index (χ4n) is 1.92. The summed E-state index contributed by atoms with van der Waals surface area (Å²) >= 11 is 6.05. The van der Waals surface area contributed by atoms with Gasteiger partial charge in [-0.15, -0.1) is 0 Å². The van der Waals surface area contributed by atoms with Gasteiger partial charge in [0.1, 0.15) is 22.5 Å². The lowest BCUT2D eigenvalue weighted by Gasteiger charge is -2.10. The van der Waals surface area contributed by atoms with Crippen molar-refractivity contribution in [1.82, 2.24) is 9.97 Å². The number of ether oxygens (including phenoxy) is 1. The summed E-state index contributed by atoms with van der Waals surface area (Å²) in [7, 11) is 1.67. The lowest BCUT2D eigenvalue weighted by molar-refractivity contribution is 0.414. The first kappa shape index (κ1) is 14.6. The highest BCUT2D eigenvalue weighted by Gasteiger charge is 2.06. The summed E-state index contributed by atoms with van der Waals surface area (Å²) in [6, 6.07) is 8.04. The van der Waals surface area contributed by atoms with Crippen molar-refractivity contribution in [2.45, 2.75) is 20.3 Å². The number of anilines is 1. The highest BCUT2D eigenvalue weighted by molar-refractivity contribution is 6.30. The Kier molecular flexibility index (Phi) is 4.79. The normalized spacial score (nSPS) is 10.4. The largest absolute Gasteiger partial charge is 0.497 e. The molecule has 0 spiro atoms. The van der Waals surface area contributed by atoms with E-state index in [0.29, 0.717) is 11.0 Å². The molecule has 0 fully saturated rings. The summed E-state index contributed by atoms with van der Waals surface area (Å²) < 4.78 is 5.21. The van der Waals surface area contributed by atoms with E-state index in [1.165, 1.54) is 5.56 Å². The van der Waals surface area contributed by atoms with Crippen molar-refractivity contribution >= 4 is 17.4 Å². The van der Waals surface area contributed by atoms with Crippen LogP contribution in [0.25, 0.3) is 0 Å². The van der Waals surface area contributed by atoms with Crippen LogP contribution in [-0.4, -0.2) is 23.6 Å². The molecule has 1 N–H and O–H groups in total. The summed E-state index contributed by atoms with van der Waals surface area (Å²) in [5.74, 6) is 2.34. The molecule has 0 aliphatic rings. The Bertz CT molecular complexity index is 602. The molecule has 0 atom stereocenters. The molecule has 0 unspecified atom stereocenters. The molecule has 1 aromatic carbocycles. The number of aryl methyl sites for hydroxylation is 1. The van der Waals surface area contributed by atoms with Gasteiger partial charge in [-0.1, -0.05) is 23.7 Å². The van der Waals surface area contributed by atoms with Crippen LogP contribution in [0.3, 0.4) is 0 Å². The Morgan fingerprint density at radius 3 is 2.80 bits per heavy atom. The molecule has 0 amide bonds. The van der Waals surface area contributed by atoms with Gasteiger partial charge in [0.05, 0.1) is 7.11 Å². The number of methoxy groups -OCH3 is 1. The first-order chi connectivity index (χ1) is 9.60. The summed E-state index contributed by atoms with van der Waals surface area (Å²) in [5, 5.41) is 3.81. The molecule has 1 aromatic heterocycles. The van der Waals surface area contributed by atoms with E-state index in [-0.39, 0.29) is 0 Å². The predicted octanol–water partition coefficient (Wildman–Crippen LogP) is 3.41. The molecule has 5 heteroatoms. The highest BCUT2D eigenvalue weighted by Crippen LogP contribution is 2.19. The van der Waals surface area contributed by atoms with E-state index in [9.17, 15) is 0 Å². The van der Waals surface area contributed by atoms with E-state index in [1.54, 1.807) is 7.11 Å². The zero-order chi connectivity index (χ0) is 14.5. The van der Waals surface area contributed by atoms with E-state index >= 15 is 0 Å². The Morgan fingerprint density at radius 1 is 1.25 bits per heavy atom. The zero-order valence-electron chi connectivity index (χ0n) is 11.9. The standard InChI is InChI=1S/C15H18ClN3O/c1-10-14(16)18-11(2)19-15(10)17-8-7-12-5-4-6-13(9-12)20-3/h4-6,9H,7-8H2,1-3H3,(H,17,18,19). The minimum Gasteiger partial charge on any atom is -0.497 e. The van der Waals surface area contributed by atoms with Crippen LogP contribution >= 0.6 is 11.6 Å². The van der Waals surface area contributed by atoms with Gasteiger partial charge in [-0.25, -0.2) is 9.97 Å². The highest BCUT2D eigenvalue weighted by atomic mass is 35.5. The van der Waals surface area contributed by atoms with E-state index in [1.807, 2.05) is 32.0 Å². The maximum absolute atomic E-state index is 6.05. The molecule has 0 aliphatic heterocycles. The molecule has 2 rings (SSSR count). The van der Waals surface area contributed by atoms with Gasteiger partial charge in [-0.2, -0.15) is 0 Å².